The van der Waals surface area contributed by atoms with Crippen molar-refractivity contribution in [3.63, 3.8) is 0 Å². The lowest BCUT2D eigenvalue weighted by atomic mass is 10.1. The van der Waals surface area contributed by atoms with Gasteiger partial charge >= 0.3 is 0 Å². The molecule has 2 nitrogen and oxygen atoms in total. The van der Waals surface area contributed by atoms with Crippen molar-refractivity contribution in [3.05, 3.63) is 64.7 Å². The third-order valence-electron chi connectivity index (χ3n) is 5.14. The summed E-state index contributed by atoms with van der Waals surface area (Å²) in [7, 11) is 0. The molecule has 0 saturated heterocycles. The fourth-order valence-electron chi connectivity index (χ4n) is 4.03. The van der Waals surface area contributed by atoms with Crippen LogP contribution in [0.2, 0.25) is 0 Å². The van der Waals surface area contributed by atoms with Gasteiger partial charge in [-0.2, -0.15) is 0 Å². The zero-order valence-corrected chi connectivity index (χ0v) is 14.5. The molecule has 2 aliphatic rings. The topological polar surface area (TPSA) is 17.3 Å². The molecule has 2 aromatic carbocycles. The van der Waals surface area contributed by atoms with Gasteiger partial charge < -0.3 is 4.57 Å². The molecule has 0 radical (unpaired) electrons. The summed E-state index contributed by atoms with van der Waals surface area (Å²) in [6.45, 7) is 2.06. The minimum atomic E-state index is 0.0476. The average Bonchev–Trinajstić information content (AvgIpc) is 3.35. The lowest BCUT2D eigenvalue weighted by molar-refractivity contribution is 0.690. The van der Waals surface area contributed by atoms with Gasteiger partial charge in [-0.1, -0.05) is 18.2 Å². The van der Waals surface area contributed by atoms with E-state index in [1.54, 1.807) is 0 Å². The van der Waals surface area contributed by atoms with Crippen LogP contribution in [0.25, 0.3) is 44.0 Å². The Labute approximate surface area is 148 Å². The number of aliphatic imine (C=N–C) groups is 1. The van der Waals surface area contributed by atoms with E-state index in [0.717, 1.165) is 5.71 Å². The van der Waals surface area contributed by atoms with Crippen molar-refractivity contribution >= 4 is 61.1 Å². The molecule has 0 N–H and O–H groups in total. The van der Waals surface area contributed by atoms with Crippen LogP contribution in [0.3, 0.4) is 0 Å². The van der Waals surface area contributed by atoms with E-state index >= 15 is 0 Å². The summed E-state index contributed by atoms with van der Waals surface area (Å²) in [6, 6.07) is 13.3. The van der Waals surface area contributed by atoms with Crippen LogP contribution in [0, 0.1) is 0 Å². The van der Waals surface area contributed by atoms with Crippen LogP contribution in [-0.2, 0) is 0 Å². The Kier molecular flexibility index (Phi) is 2.47. The molecule has 1 atom stereocenters. The molecule has 1 unspecified atom stereocenters. The number of allylic oxidation sites excluding steroid dienone is 1. The first-order valence-electron chi connectivity index (χ1n) is 8.44. The number of nitrogens with zero attached hydrogens (tertiary/aromatic N) is 2. The largest absolute Gasteiger partial charge is 0.314 e. The Balaban J connectivity index is 1.78. The SMILES string of the molecule is CC1=NC(n2c3ccccc3c3cc4c5c(sc4cc32)C=C=C5)C=C1. The highest BCUT2D eigenvalue weighted by atomic mass is 32.1. The molecule has 4 aromatic rings. The zero-order chi connectivity index (χ0) is 16.5. The van der Waals surface area contributed by atoms with Crippen LogP contribution in [-0.4, -0.2) is 10.3 Å². The Morgan fingerprint density at radius 3 is 2.84 bits per heavy atom. The molecule has 0 bridgehead atoms. The normalized spacial score (nSPS) is 18.1. The summed E-state index contributed by atoms with van der Waals surface area (Å²) in [4.78, 5) is 6.12. The highest BCUT2D eigenvalue weighted by Gasteiger charge is 2.20. The molecular weight excluding hydrogens is 324 g/mol. The maximum atomic E-state index is 4.81. The number of thiophene rings is 1. The molecule has 1 aliphatic carbocycles. The lowest BCUT2D eigenvalue weighted by Gasteiger charge is -2.11. The van der Waals surface area contributed by atoms with Crippen LogP contribution in [0.4, 0.5) is 0 Å². The van der Waals surface area contributed by atoms with Crippen LogP contribution in [0.5, 0.6) is 0 Å². The maximum absolute atomic E-state index is 4.81. The lowest BCUT2D eigenvalue weighted by Crippen LogP contribution is -2.01. The van der Waals surface area contributed by atoms with Crippen LogP contribution >= 0.6 is 11.3 Å². The molecule has 3 heterocycles. The van der Waals surface area contributed by atoms with Crippen molar-refractivity contribution in [1.82, 2.24) is 4.57 Å². The van der Waals surface area contributed by atoms with Gasteiger partial charge in [-0.25, -0.2) is 0 Å². The molecule has 118 valence electrons. The number of aromatic nitrogens is 1. The van der Waals surface area contributed by atoms with Gasteiger partial charge in [0.2, 0.25) is 0 Å². The van der Waals surface area contributed by atoms with Gasteiger partial charge in [0.15, 0.2) is 0 Å². The van der Waals surface area contributed by atoms with Crippen molar-refractivity contribution in [2.75, 3.05) is 0 Å². The number of fused-ring (bicyclic) bond motifs is 6. The second-order valence-corrected chi connectivity index (χ2v) is 7.71. The van der Waals surface area contributed by atoms with Gasteiger partial charge in [0.1, 0.15) is 6.17 Å². The van der Waals surface area contributed by atoms with E-state index in [1.807, 2.05) is 11.3 Å². The first-order chi connectivity index (χ1) is 12.3. The molecule has 25 heavy (non-hydrogen) atoms. The first kappa shape index (κ1) is 13.4. The summed E-state index contributed by atoms with van der Waals surface area (Å²) in [5.41, 5.74) is 8.13. The summed E-state index contributed by atoms with van der Waals surface area (Å²) in [5, 5.41) is 3.93. The quantitative estimate of drug-likeness (QED) is 0.325. The van der Waals surface area contributed by atoms with Crippen molar-refractivity contribution in [3.8, 4) is 0 Å². The van der Waals surface area contributed by atoms with E-state index in [9.17, 15) is 0 Å². The molecule has 0 fully saturated rings. The second-order valence-electron chi connectivity index (χ2n) is 6.63. The van der Waals surface area contributed by atoms with E-state index in [0.29, 0.717) is 0 Å². The second kappa shape index (κ2) is 4.60. The third-order valence-corrected chi connectivity index (χ3v) is 6.25. The predicted octanol–water partition coefficient (Wildman–Crippen LogP) is 6.18. The molecule has 3 heteroatoms. The maximum Gasteiger partial charge on any atom is 0.145 e. The Bertz CT molecular complexity index is 1340. The molecule has 0 saturated carbocycles. The molecule has 0 spiro atoms. The molecule has 6 rings (SSSR count). The minimum absolute atomic E-state index is 0.0476. The van der Waals surface area contributed by atoms with E-state index in [1.165, 1.54) is 42.3 Å². The zero-order valence-electron chi connectivity index (χ0n) is 13.7. The molecule has 2 aromatic heterocycles. The number of para-hydroxylation sites is 1. The van der Waals surface area contributed by atoms with Crippen LogP contribution in [0.15, 0.2) is 59.3 Å². The fraction of sp³-hybridized carbons (Fsp3) is 0.0909. The van der Waals surface area contributed by atoms with Crippen LogP contribution < -0.4 is 0 Å². The summed E-state index contributed by atoms with van der Waals surface area (Å²) >= 11 is 1.85. The standard InChI is InChI=1S/C22H14N2S/c1-13-9-10-22(23-13)24-18-7-3-2-5-14(18)16-11-17-15-6-4-8-20(15)25-21(17)12-19(16)24/h2-3,5-12,22H,1H3. The number of hydrogen-bond acceptors (Lipinski definition) is 2. The molecule has 1 aliphatic heterocycles. The van der Waals surface area contributed by atoms with Gasteiger partial charge in [-0.15, -0.1) is 17.1 Å². The fourth-order valence-corrected chi connectivity index (χ4v) is 5.12. The van der Waals surface area contributed by atoms with Gasteiger partial charge in [-0.3, -0.25) is 4.99 Å². The van der Waals surface area contributed by atoms with E-state index in [4.69, 9.17) is 4.99 Å². The van der Waals surface area contributed by atoms with Gasteiger partial charge in [-0.05, 0) is 49.4 Å². The number of hydrogen-bond donors (Lipinski definition) is 0. The molecule has 0 amide bonds. The Hall–Kier alpha value is -2.87. The van der Waals surface area contributed by atoms with Gasteiger partial charge in [0, 0.05) is 37.0 Å². The summed E-state index contributed by atoms with van der Waals surface area (Å²) < 4.78 is 3.70. The van der Waals surface area contributed by atoms with Crippen LogP contribution in [0.1, 0.15) is 23.5 Å². The number of benzene rings is 2. The average molecular weight is 338 g/mol. The monoisotopic (exact) mass is 338 g/mol. The van der Waals surface area contributed by atoms with Crippen molar-refractivity contribution < 1.29 is 0 Å². The number of rotatable bonds is 1. The highest BCUT2D eigenvalue weighted by molar-refractivity contribution is 7.20. The first-order valence-corrected chi connectivity index (χ1v) is 9.25. The minimum Gasteiger partial charge on any atom is -0.314 e. The smallest absolute Gasteiger partial charge is 0.145 e. The summed E-state index contributed by atoms with van der Waals surface area (Å²) in [6.07, 6.45) is 8.53. The van der Waals surface area contributed by atoms with Crippen molar-refractivity contribution in [2.24, 2.45) is 4.99 Å². The van der Waals surface area contributed by atoms with E-state index < -0.39 is 0 Å². The predicted molar refractivity (Wildman–Crippen MR) is 109 cm³/mol. The van der Waals surface area contributed by atoms with Crippen molar-refractivity contribution in [2.45, 2.75) is 13.1 Å². The highest BCUT2D eigenvalue weighted by Crippen LogP contribution is 2.41. The third kappa shape index (κ3) is 1.72. The van der Waals surface area contributed by atoms with Gasteiger partial charge in [0.05, 0.1) is 11.0 Å². The van der Waals surface area contributed by atoms with E-state index in [2.05, 4.69) is 77.9 Å². The summed E-state index contributed by atoms with van der Waals surface area (Å²) in [5.74, 6) is 0. The van der Waals surface area contributed by atoms with E-state index in [-0.39, 0.29) is 6.17 Å². The Morgan fingerprint density at radius 1 is 1.04 bits per heavy atom. The van der Waals surface area contributed by atoms with Gasteiger partial charge in [0.25, 0.3) is 0 Å². The van der Waals surface area contributed by atoms with Crippen molar-refractivity contribution in [1.29, 1.82) is 0 Å². The molecular formula is C22H14N2S. The Morgan fingerprint density at radius 2 is 1.96 bits per heavy atom.